The summed E-state index contributed by atoms with van der Waals surface area (Å²) in [5, 5.41) is 6.77. The first-order chi connectivity index (χ1) is 11.8. The molecule has 0 aliphatic carbocycles. The summed E-state index contributed by atoms with van der Waals surface area (Å²) in [4.78, 5) is 6.70. The van der Waals surface area contributed by atoms with E-state index in [9.17, 15) is 0 Å². The molecule has 1 fully saturated rings. The van der Waals surface area contributed by atoms with Crippen molar-refractivity contribution >= 4 is 29.9 Å². The van der Waals surface area contributed by atoms with Crippen LogP contribution in [0.3, 0.4) is 0 Å². The number of hydrogen-bond acceptors (Lipinski definition) is 3. The minimum Gasteiger partial charge on any atom is -0.494 e. The highest BCUT2D eigenvalue weighted by Crippen LogP contribution is 2.18. The fraction of sp³-hybridized carbons (Fsp3) is 0.632. The Bertz CT molecular complexity index is 476. The standard InChI is InChI=1S/C19H32N4O.HI/c1-20-19(22-13-9-17-10-14-23(2)15-11-17)21-12-6-16-24-18-7-4-3-5-8-18;/h3-5,7-8,17H,6,9-16H2,1-2H3,(H2,20,21,22);1H. The van der Waals surface area contributed by atoms with Crippen molar-refractivity contribution < 1.29 is 4.74 Å². The number of hydrogen-bond donors (Lipinski definition) is 2. The molecule has 0 saturated carbocycles. The van der Waals surface area contributed by atoms with Crippen molar-refractivity contribution in [2.24, 2.45) is 10.9 Å². The van der Waals surface area contributed by atoms with Gasteiger partial charge in [-0.3, -0.25) is 4.99 Å². The maximum absolute atomic E-state index is 5.69. The molecule has 5 nitrogen and oxygen atoms in total. The highest BCUT2D eigenvalue weighted by Gasteiger charge is 2.16. The van der Waals surface area contributed by atoms with Gasteiger partial charge in [-0.2, -0.15) is 0 Å². The average molecular weight is 460 g/mol. The summed E-state index contributed by atoms with van der Waals surface area (Å²) in [6.07, 6.45) is 4.82. The highest BCUT2D eigenvalue weighted by atomic mass is 127. The third-order valence-electron chi connectivity index (χ3n) is 4.53. The number of piperidine rings is 1. The Morgan fingerprint density at radius 3 is 2.52 bits per heavy atom. The van der Waals surface area contributed by atoms with Gasteiger partial charge >= 0.3 is 0 Å². The maximum atomic E-state index is 5.69. The molecule has 0 spiro atoms. The van der Waals surface area contributed by atoms with Crippen LogP contribution in [-0.4, -0.2) is 57.7 Å². The number of para-hydroxylation sites is 1. The number of benzene rings is 1. The minimum atomic E-state index is 0. The van der Waals surface area contributed by atoms with Crippen LogP contribution < -0.4 is 15.4 Å². The zero-order valence-electron chi connectivity index (χ0n) is 15.5. The highest BCUT2D eigenvalue weighted by molar-refractivity contribution is 14.0. The monoisotopic (exact) mass is 460 g/mol. The molecular weight excluding hydrogens is 427 g/mol. The average Bonchev–Trinajstić information content (AvgIpc) is 2.62. The number of guanidine groups is 1. The molecule has 6 heteroatoms. The Morgan fingerprint density at radius 2 is 1.84 bits per heavy atom. The van der Waals surface area contributed by atoms with Gasteiger partial charge in [0.05, 0.1) is 6.61 Å². The summed E-state index contributed by atoms with van der Waals surface area (Å²) in [7, 11) is 4.03. The molecule has 0 atom stereocenters. The van der Waals surface area contributed by atoms with E-state index in [1.807, 2.05) is 37.4 Å². The zero-order chi connectivity index (χ0) is 17.0. The molecule has 0 radical (unpaired) electrons. The first-order valence-electron chi connectivity index (χ1n) is 9.09. The van der Waals surface area contributed by atoms with E-state index in [0.717, 1.165) is 37.1 Å². The Kier molecular flexibility index (Phi) is 11.6. The Labute approximate surface area is 169 Å². The summed E-state index contributed by atoms with van der Waals surface area (Å²) in [6, 6.07) is 9.94. The summed E-state index contributed by atoms with van der Waals surface area (Å²) in [6.45, 7) is 5.04. The van der Waals surface area contributed by atoms with Gasteiger partial charge in [0.25, 0.3) is 0 Å². The van der Waals surface area contributed by atoms with Crippen LogP contribution in [0.4, 0.5) is 0 Å². The van der Waals surface area contributed by atoms with Gasteiger partial charge in [-0.1, -0.05) is 18.2 Å². The summed E-state index contributed by atoms with van der Waals surface area (Å²) in [5.41, 5.74) is 0. The van der Waals surface area contributed by atoms with Crippen molar-refractivity contribution in [1.82, 2.24) is 15.5 Å². The van der Waals surface area contributed by atoms with Gasteiger partial charge in [-0.25, -0.2) is 0 Å². The van der Waals surface area contributed by atoms with Crippen LogP contribution in [0.25, 0.3) is 0 Å². The fourth-order valence-corrected chi connectivity index (χ4v) is 2.95. The lowest BCUT2D eigenvalue weighted by molar-refractivity contribution is 0.213. The Balaban J connectivity index is 0.00000312. The third kappa shape index (κ3) is 9.30. The number of likely N-dealkylation sites (tertiary alicyclic amines) is 1. The molecule has 2 N–H and O–H groups in total. The normalized spacial score (nSPS) is 16.2. The fourth-order valence-electron chi connectivity index (χ4n) is 2.95. The van der Waals surface area contributed by atoms with E-state index < -0.39 is 0 Å². The van der Waals surface area contributed by atoms with E-state index in [2.05, 4.69) is 27.6 Å². The van der Waals surface area contributed by atoms with Crippen LogP contribution in [0.15, 0.2) is 35.3 Å². The van der Waals surface area contributed by atoms with E-state index in [-0.39, 0.29) is 24.0 Å². The summed E-state index contributed by atoms with van der Waals surface area (Å²) < 4.78 is 5.69. The predicted octanol–water partition coefficient (Wildman–Crippen LogP) is 2.97. The molecule has 1 aromatic rings. The van der Waals surface area contributed by atoms with Crippen LogP contribution in [-0.2, 0) is 0 Å². The Hall–Kier alpha value is -1.02. The number of halogens is 1. The zero-order valence-corrected chi connectivity index (χ0v) is 17.9. The number of nitrogens with one attached hydrogen (secondary N) is 2. The second-order valence-electron chi connectivity index (χ2n) is 6.48. The third-order valence-corrected chi connectivity index (χ3v) is 4.53. The van der Waals surface area contributed by atoms with Gasteiger partial charge in [-0.05, 0) is 63.9 Å². The smallest absolute Gasteiger partial charge is 0.190 e. The van der Waals surface area contributed by atoms with Crippen LogP contribution in [0, 0.1) is 5.92 Å². The van der Waals surface area contributed by atoms with Crippen LogP contribution >= 0.6 is 24.0 Å². The van der Waals surface area contributed by atoms with Crippen molar-refractivity contribution in [2.45, 2.75) is 25.7 Å². The Morgan fingerprint density at radius 1 is 1.16 bits per heavy atom. The minimum absolute atomic E-state index is 0. The quantitative estimate of drug-likeness (QED) is 0.271. The second kappa shape index (κ2) is 13.2. The van der Waals surface area contributed by atoms with Gasteiger partial charge < -0.3 is 20.3 Å². The molecule has 1 aliphatic heterocycles. The molecule has 142 valence electrons. The molecule has 0 unspecified atom stereocenters. The van der Waals surface area contributed by atoms with Crippen LogP contribution in [0.5, 0.6) is 5.75 Å². The van der Waals surface area contributed by atoms with Crippen LogP contribution in [0.1, 0.15) is 25.7 Å². The van der Waals surface area contributed by atoms with Gasteiger partial charge in [0.1, 0.15) is 5.75 Å². The largest absolute Gasteiger partial charge is 0.494 e. The molecule has 2 rings (SSSR count). The first kappa shape index (κ1) is 22.0. The first-order valence-corrected chi connectivity index (χ1v) is 9.09. The predicted molar refractivity (Wildman–Crippen MR) is 116 cm³/mol. The lowest BCUT2D eigenvalue weighted by Crippen LogP contribution is -2.39. The lowest BCUT2D eigenvalue weighted by atomic mass is 9.94. The van der Waals surface area contributed by atoms with E-state index >= 15 is 0 Å². The maximum Gasteiger partial charge on any atom is 0.190 e. The van der Waals surface area contributed by atoms with Crippen LogP contribution in [0.2, 0.25) is 0 Å². The van der Waals surface area contributed by atoms with Crippen molar-refractivity contribution in [3.63, 3.8) is 0 Å². The van der Waals surface area contributed by atoms with Gasteiger partial charge in [0, 0.05) is 20.1 Å². The van der Waals surface area contributed by atoms with E-state index in [4.69, 9.17) is 4.74 Å². The number of aliphatic imine (C=N–C) groups is 1. The number of ether oxygens (including phenoxy) is 1. The van der Waals surface area contributed by atoms with E-state index in [0.29, 0.717) is 6.61 Å². The topological polar surface area (TPSA) is 48.9 Å². The van der Waals surface area contributed by atoms with Gasteiger partial charge in [0.2, 0.25) is 0 Å². The van der Waals surface area contributed by atoms with E-state index in [1.165, 1.54) is 32.4 Å². The molecule has 1 heterocycles. The molecule has 25 heavy (non-hydrogen) atoms. The van der Waals surface area contributed by atoms with Crippen molar-refractivity contribution in [3.8, 4) is 5.75 Å². The number of rotatable bonds is 8. The summed E-state index contributed by atoms with van der Waals surface area (Å²) >= 11 is 0. The molecule has 1 saturated heterocycles. The van der Waals surface area contributed by atoms with Gasteiger partial charge in [0.15, 0.2) is 5.96 Å². The van der Waals surface area contributed by atoms with E-state index in [1.54, 1.807) is 0 Å². The molecule has 0 amide bonds. The molecule has 1 aromatic carbocycles. The molecule has 1 aliphatic rings. The van der Waals surface area contributed by atoms with Gasteiger partial charge in [-0.15, -0.1) is 24.0 Å². The second-order valence-corrected chi connectivity index (χ2v) is 6.48. The molecular formula is C19H33IN4O. The molecule has 0 bridgehead atoms. The summed E-state index contributed by atoms with van der Waals surface area (Å²) in [5.74, 6) is 2.67. The number of nitrogens with zero attached hydrogens (tertiary/aromatic N) is 2. The lowest BCUT2D eigenvalue weighted by Gasteiger charge is -2.29. The van der Waals surface area contributed by atoms with Crippen molar-refractivity contribution in [3.05, 3.63) is 30.3 Å². The SMILES string of the molecule is CN=C(NCCCOc1ccccc1)NCCC1CCN(C)CC1.I. The molecule has 0 aromatic heterocycles. The van der Waals surface area contributed by atoms with Crippen molar-refractivity contribution in [1.29, 1.82) is 0 Å². The van der Waals surface area contributed by atoms with Crippen molar-refractivity contribution in [2.75, 3.05) is 46.9 Å².